The van der Waals surface area contributed by atoms with Crippen LogP contribution in [0.2, 0.25) is 5.02 Å². The molecule has 0 atom stereocenters. The van der Waals surface area contributed by atoms with E-state index in [4.69, 9.17) is 11.6 Å². The van der Waals surface area contributed by atoms with Crippen molar-refractivity contribution < 1.29 is 4.92 Å². The Bertz CT molecular complexity index is 523. The van der Waals surface area contributed by atoms with E-state index < -0.39 is 4.92 Å². The zero-order valence-corrected chi connectivity index (χ0v) is 8.72. The second-order valence-corrected chi connectivity index (χ2v) is 3.87. The zero-order chi connectivity index (χ0) is 10.3. The van der Waals surface area contributed by atoms with Crippen LogP contribution in [0.4, 0.5) is 5.69 Å². The van der Waals surface area contributed by atoms with Gasteiger partial charge in [-0.2, -0.15) is 4.37 Å². The van der Waals surface area contributed by atoms with Crippen molar-refractivity contribution in [1.29, 1.82) is 0 Å². The molecular formula is C8H5ClN2O2S. The fourth-order valence-electron chi connectivity index (χ4n) is 1.25. The molecule has 14 heavy (non-hydrogen) atoms. The Labute approximate surface area is 88.4 Å². The molecule has 1 aromatic heterocycles. The Kier molecular flexibility index (Phi) is 2.13. The molecular weight excluding hydrogens is 224 g/mol. The van der Waals surface area contributed by atoms with Gasteiger partial charge in [-0.3, -0.25) is 10.1 Å². The number of non-ortho nitro benzene ring substituents is 1. The highest BCUT2D eigenvalue weighted by Gasteiger charge is 2.18. The van der Waals surface area contributed by atoms with E-state index in [0.717, 1.165) is 10.9 Å². The van der Waals surface area contributed by atoms with Crippen molar-refractivity contribution in [2.75, 3.05) is 0 Å². The third kappa shape index (κ3) is 1.25. The minimum atomic E-state index is -0.465. The Morgan fingerprint density at radius 3 is 3.00 bits per heavy atom. The van der Waals surface area contributed by atoms with Crippen molar-refractivity contribution in [3.63, 3.8) is 0 Å². The first kappa shape index (κ1) is 9.36. The Balaban J connectivity index is 2.91. The molecule has 1 aromatic carbocycles. The van der Waals surface area contributed by atoms with Gasteiger partial charge in [0.05, 0.1) is 9.95 Å². The molecule has 0 aliphatic rings. The van der Waals surface area contributed by atoms with Crippen molar-refractivity contribution >= 4 is 39.7 Å². The summed E-state index contributed by atoms with van der Waals surface area (Å²) in [4.78, 5) is 10.2. The molecule has 6 heteroatoms. The largest absolute Gasteiger partial charge is 0.298 e. The number of benzene rings is 1. The van der Waals surface area contributed by atoms with Gasteiger partial charge in [-0.15, -0.1) is 0 Å². The van der Waals surface area contributed by atoms with Crippen LogP contribution >= 0.6 is 23.1 Å². The Morgan fingerprint density at radius 2 is 2.36 bits per heavy atom. The molecule has 2 rings (SSSR count). The molecule has 1 heterocycles. The van der Waals surface area contributed by atoms with E-state index in [2.05, 4.69) is 4.37 Å². The van der Waals surface area contributed by atoms with Gasteiger partial charge in [-0.25, -0.2) is 0 Å². The Morgan fingerprint density at radius 1 is 1.64 bits per heavy atom. The lowest BCUT2D eigenvalue weighted by molar-refractivity contribution is -0.383. The van der Waals surface area contributed by atoms with Crippen LogP contribution in [0.1, 0.15) is 5.56 Å². The number of nitro groups is 1. The Hall–Kier alpha value is -1.20. The smallest absolute Gasteiger partial charge is 0.258 e. The average molecular weight is 229 g/mol. The first-order valence-corrected chi connectivity index (χ1v) is 5.00. The SMILES string of the molecule is Cc1c(Cl)cc([N+](=O)[O-])c2nscc12. The fraction of sp³-hybridized carbons (Fsp3) is 0.125. The van der Waals surface area contributed by atoms with Gasteiger partial charge in [0.15, 0.2) is 5.52 Å². The molecule has 0 aliphatic heterocycles. The second-order valence-electron chi connectivity index (χ2n) is 2.84. The number of aryl methyl sites for hydroxylation is 1. The third-order valence-electron chi connectivity index (χ3n) is 2.03. The lowest BCUT2D eigenvalue weighted by Crippen LogP contribution is -1.90. The summed E-state index contributed by atoms with van der Waals surface area (Å²) in [5.74, 6) is 0. The van der Waals surface area contributed by atoms with Crippen LogP contribution in [0, 0.1) is 17.0 Å². The summed E-state index contributed by atoms with van der Waals surface area (Å²) in [6, 6.07) is 1.35. The molecule has 0 bridgehead atoms. The second kappa shape index (κ2) is 3.18. The highest BCUT2D eigenvalue weighted by atomic mass is 35.5. The lowest BCUT2D eigenvalue weighted by Gasteiger charge is -1.99. The van der Waals surface area contributed by atoms with Crippen LogP contribution in [-0.4, -0.2) is 9.30 Å². The molecule has 2 aromatic rings. The monoisotopic (exact) mass is 228 g/mol. The van der Waals surface area contributed by atoms with E-state index in [1.807, 2.05) is 6.92 Å². The molecule has 0 saturated heterocycles. The minimum Gasteiger partial charge on any atom is -0.258 e. The van der Waals surface area contributed by atoms with Gasteiger partial charge in [0.1, 0.15) is 0 Å². The predicted molar refractivity (Wildman–Crippen MR) is 56.0 cm³/mol. The standard InChI is InChI=1S/C8H5ClN2O2S/c1-4-5-3-14-10-8(5)7(11(12)13)2-6(4)9/h2-3H,1H3. The van der Waals surface area contributed by atoms with Gasteiger partial charge in [0.2, 0.25) is 0 Å². The fourth-order valence-corrected chi connectivity index (χ4v) is 2.20. The van der Waals surface area contributed by atoms with E-state index in [-0.39, 0.29) is 5.69 Å². The summed E-state index contributed by atoms with van der Waals surface area (Å²) in [7, 11) is 0. The summed E-state index contributed by atoms with van der Waals surface area (Å²) in [6.07, 6.45) is 0. The average Bonchev–Trinajstić information content (AvgIpc) is 2.59. The number of nitrogens with zero attached hydrogens (tertiary/aromatic N) is 2. The zero-order valence-electron chi connectivity index (χ0n) is 7.15. The first-order chi connectivity index (χ1) is 6.61. The molecule has 0 amide bonds. The predicted octanol–water partition coefficient (Wildman–Crippen LogP) is 3.17. The normalized spacial score (nSPS) is 10.7. The van der Waals surface area contributed by atoms with Crippen LogP contribution in [0.3, 0.4) is 0 Å². The van der Waals surface area contributed by atoms with Crippen LogP contribution in [0.25, 0.3) is 10.9 Å². The lowest BCUT2D eigenvalue weighted by atomic mass is 10.1. The van der Waals surface area contributed by atoms with E-state index in [0.29, 0.717) is 10.5 Å². The maximum atomic E-state index is 10.7. The van der Waals surface area contributed by atoms with Crippen molar-refractivity contribution in [3.8, 4) is 0 Å². The molecule has 72 valence electrons. The number of nitro benzene ring substituents is 1. The molecule has 0 fully saturated rings. The summed E-state index contributed by atoms with van der Waals surface area (Å²) >= 11 is 7.06. The molecule has 0 unspecified atom stereocenters. The summed E-state index contributed by atoms with van der Waals surface area (Å²) < 4.78 is 3.98. The molecule has 0 radical (unpaired) electrons. The van der Waals surface area contributed by atoms with Gasteiger partial charge >= 0.3 is 0 Å². The van der Waals surface area contributed by atoms with Crippen LogP contribution in [0.15, 0.2) is 11.4 Å². The van der Waals surface area contributed by atoms with Crippen molar-refractivity contribution in [3.05, 3.63) is 32.1 Å². The highest BCUT2D eigenvalue weighted by molar-refractivity contribution is 7.04. The molecule has 0 saturated carbocycles. The van der Waals surface area contributed by atoms with Crippen molar-refractivity contribution in [2.45, 2.75) is 6.92 Å². The van der Waals surface area contributed by atoms with Crippen LogP contribution in [-0.2, 0) is 0 Å². The number of hydrogen-bond acceptors (Lipinski definition) is 4. The van der Waals surface area contributed by atoms with Gasteiger partial charge < -0.3 is 0 Å². The molecule has 4 nitrogen and oxygen atoms in total. The quantitative estimate of drug-likeness (QED) is 0.556. The van der Waals surface area contributed by atoms with E-state index in [9.17, 15) is 10.1 Å². The first-order valence-electron chi connectivity index (χ1n) is 3.79. The molecule has 0 spiro atoms. The molecule has 0 N–H and O–H groups in total. The van der Waals surface area contributed by atoms with Crippen LogP contribution in [0.5, 0.6) is 0 Å². The number of fused-ring (bicyclic) bond motifs is 1. The summed E-state index contributed by atoms with van der Waals surface area (Å²) in [5.41, 5.74) is 1.22. The van der Waals surface area contributed by atoms with Crippen molar-refractivity contribution in [1.82, 2.24) is 4.37 Å². The van der Waals surface area contributed by atoms with Gasteiger partial charge in [0.25, 0.3) is 5.69 Å². The number of aromatic nitrogens is 1. The molecule has 0 aliphatic carbocycles. The maximum absolute atomic E-state index is 10.7. The number of hydrogen-bond donors (Lipinski definition) is 0. The van der Waals surface area contributed by atoms with Crippen LogP contribution < -0.4 is 0 Å². The highest BCUT2D eigenvalue weighted by Crippen LogP contribution is 2.33. The van der Waals surface area contributed by atoms with E-state index in [1.54, 1.807) is 5.38 Å². The van der Waals surface area contributed by atoms with E-state index in [1.165, 1.54) is 17.6 Å². The number of rotatable bonds is 1. The van der Waals surface area contributed by atoms with Crippen molar-refractivity contribution in [2.24, 2.45) is 0 Å². The van der Waals surface area contributed by atoms with Gasteiger partial charge in [-0.1, -0.05) is 11.6 Å². The van der Waals surface area contributed by atoms with Gasteiger partial charge in [0, 0.05) is 16.8 Å². The van der Waals surface area contributed by atoms with E-state index >= 15 is 0 Å². The minimum absolute atomic E-state index is 0.0307. The topological polar surface area (TPSA) is 56.0 Å². The maximum Gasteiger partial charge on any atom is 0.298 e. The summed E-state index contributed by atoms with van der Waals surface area (Å²) in [6.45, 7) is 1.82. The third-order valence-corrected chi connectivity index (χ3v) is 3.06. The van der Waals surface area contributed by atoms with Gasteiger partial charge in [-0.05, 0) is 24.0 Å². The number of halogens is 1. The summed E-state index contributed by atoms with van der Waals surface area (Å²) in [5, 5.41) is 13.6.